The summed E-state index contributed by atoms with van der Waals surface area (Å²) in [6, 6.07) is 22.9. The Morgan fingerprint density at radius 2 is 0.376 bits per heavy atom. The van der Waals surface area contributed by atoms with Crippen LogP contribution in [-0.4, -0.2) is 18.3 Å². The lowest BCUT2D eigenvalue weighted by Crippen LogP contribution is -2.37. The van der Waals surface area contributed by atoms with Gasteiger partial charge in [0.05, 0.1) is 0 Å². The molecule has 0 unspecified atom stereocenters. The summed E-state index contributed by atoms with van der Waals surface area (Å²) in [5, 5.41) is 20.7. The van der Waals surface area contributed by atoms with Crippen molar-refractivity contribution in [1.29, 1.82) is 0 Å². The van der Waals surface area contributed by atoms with Crippen LogP contribution in [-0.2, 0) is 0 Å². The molecule has 109 heavy (non-hydrogen) atoms. The number of rotatable bonds is 36. The Bertz CT molecular complexity index is 6410. The molecule has 0 amide bonds. The lowest BCUT2D eigenvalue weighted by molar-refractivity contribution is 0.387. The van der Waals surface area contributed by atoms with Gasteiger partial charge < -0.3 is 0 Å². The third-order valence-electron chi connectivity index (χ3n) is 26.3. The van der Waals surface area contributed by atoms with Crippen LogP contribution in [0.3, 0.4) is 0 Å². The smallest absolute Gasteiger partial charge is 0.261 e. The number of pyridine rings is 4. The zero-order valence-corrected chi connectivity index (χ0v) is 66.1. The molecule has 0 saturated heterocycles. The average molecular weight is 1470 g/mol. The molecule has 13 heteroatoms. The topological polar surface area (TPSA) is 156 Å². The summed E-state index contributed by atoms with van der Waals surface area (Å²) in [5.74, 6) is 0. The maximum Gasteiger partial charge on any atom is 0.261 e. The van der Waals surface area contributed by atoms with Gasteiger partial charge in [0.2, 0.25) is 0 Å². The number of hydrogen-bond donors (Lipinski definition) is 0. The molecule has 12 aromatic carbocycles. The molecule has 17 rings (SSSR count). The second kappa shape index (κ2) is 29.4. The fourth-order valence-corrected chi connectivity index (χ4v) is 22.4. The van der Waals surface area contributed by atoms with E-state index in [1.54, 1.807) is 29.6 Å². The highest BCUT2D eigenvalue weighted by Gasteiger charge is 2.35. The molecule has 0 aliphatic carbocycles. The molecule has 0 N–H and O–H groups in total. The summed E-state index contributed by atoms with van der Waals surface area (Å²) in [4.78, 5) is 129. The summed E-state index contributed by atoms with van der Waals surface area (Å²) >= 11 is 1.60. The van der Waals surface area contributed by atoms with E-state index in [9.17, 15) is 0 Å². The highest BCUT2D eigenvalue weighted by Crippen LogP contribution is 2.59. The molecule has 0 saturated carbocycles. The fraction of sp³-hybridized carbons (Fsp3) is 0.458. The number of benzene rings is 12. The number of aromatic nitrogens is 4. The van der Waals surface area contributed by atoms with Crippen LogP contribution in [0, 0.1) is 0 Å². The monoisotopic (exact) mass is 1470 g/mol. The Morgan fingerprint density at radius 3 is 0.587 bits per heavy atom. The molecule has 0 radical (unpaired) electrons. The Hall–Kier alpha value is -8.94. The van der Waals surface area contributed by atoms with Crippen molar-refractivity contribution in [2.24, 2.45) is 0 Å². The molecule has 12 nitrogen and oxygen atoms in total. The van der Waals surface area contributed by atoms with E-state index in [0.29, 0.717) is 116 Å². The molecule has 562 valence electrons. The molecule has 0 aliphatic heterocycles. The van der Waals surface area contributed by atoms with Crippen LogP contribution >= 0.6 is 11.3 Å². The van der Waals surface area contributed by atoms with Crippen LogP contribution in [0.15, 0.2) is 111 Å². The summed E-state index contributed by atoms with van der Waals surface area (Å²) in [6.45, 7) is 17.4. The molecule has 0 bridgehead atoms. The van der Waals surface area contributed by atoms with Gasteiger partial charge in [-0.05, 0) is 165 Å². The summed E-state index contributed by atoms with van der Waals surface area (Å²) in [6.07, 6.45) is 28.4. The van der Waals surface area contributed by atoms with Gasteiger partial charge in [0.25, 0.3) is 44.5 Å². The van der Waals surface area contributed by atoms with Crippen molar-refractivity contribution in [3.8, 4) is 0 Å². The van der Waals surface area contributed by atoms with Gasteiger partial charge >= 0.3 is 0 Å². The molecular formula is C96H104N4O8S. The minimum Gasteiger partial charge on any atom is -0.271 e. The molecule has 0 fully saturated rings. The van der Waals surface area contributed by atoms with Crippen molar-refractivity contribution in [2.45, 2.75) is 285 Å². The van der Waals surface area contributed by atoms with E-state index in [1.807, 2.05) is 48.5 Å². The van der Waals surface area contributed by atoms with Crippen molar-refractivity contribution in [3.05, 3.63) is 156 Å². The van der Waals surface area contributed by atoms with Crippen molar-refractivity contribution in [3.63, 3.8) is 0 Å². The molecule has 0 spiro atoms. The van der Waals surface area contributed by atoms with Crippen molar-refractivity contribution < 1.29 is 0 Å². The molecule has 5 heterocycles. The molecule has 0 atom stereocenters. The van der Waals surface area contributed by atoms with Gasteiger partial charge in [0, 0.05) is 131 Å². The first-order chi connectivity index (χ1) is 53.2. The highest BCUT2D eigenvalue weighted by atomic mass is 32.1. The van der Waals surface area contributed by atoms with E-state index < -0.39 is 0 Å². The van der Waals surface area contributed by atoms with Crippen molar-refractivity contribution in [2.75, 3.05) is 0 Å². The standard InChI is InChI=1S/C96H104N4O8S/c1-9-17-25-33-53(34-26-18-10-2)97-89(101)61-45-41-57-59-43-47-63-75-71(95(107)99(91(63)103)55(37-29-21-13-5)38-30-22-14-6)51-67-83(79(59)75)81-65(49-69(93(97)105)73(61)77(57)81)85-86-66-50-70-74-62(90(102)98(94(70)106)54(35-27-19-11-3)36-28-20-12-4)46-42-58-60-44-48-64-76-72(52-68(88(86)109-87(67)85)84(80(60)76)82(66)78(58)74)96(108)100(92(64)104)56(39-31-23-15-7)40-32-24-16-8/h41-56H,9-40H2,1-8H3. The first-order valence-corrected chi connectivity index (χ1v) is 43.3. The zero-order valence-electron chi connectivity index (χ0n) is 65.3. The summed E-state index contributed by atoms with van der Waals surface area (Å²) in [5.41, 5.74) is -2.42. The van der Waals surface area contributed by atoms with Gasteiger partial charge in [-0.2, -0.15) is 0 Å². The predicted molar refractivity (Wildman–Crippen MR) is 465 cm³/mol. The second-order valence-corrected chi connectivity index (χ2v) is 34.1. The maximum absolute atomic E-state index is 16.5. The Morgan fingerprint density at radius 1 is 0.202 bits per heavy atom. The third-order valence-corrected chi connectivity index (χ3v) is 27.6. The largest absolute Gasteiger partial charge is 0.271 e. The Kier molecular flexibility index (Phi) is 19.6. The Balaban J connectivity index is 1.12. The number of hydrogen-bond acceptors (Lipinski definition) is 9. The SMILES string of the molecule is CCCCCC(CCCCC)n1c(=O)c2ccc3c4ccc5c(=O)n(C(CCCCC)CCCCC)c(=O)c6cc7c8c(sc9c%10cc%11c(=O)n(C(CCCCC)CCCCC)c(=O)c%12ccc%13c%14ccc%15c(=O)n(C(CCCCC)CCCCC)c(=O)c%16cc(c98)c(c%14c%15%16)c%10c%13c%12%11)c8cc(c1=O)c2c3c8c7c4c56. The van der Waals surface area contributed by atoms with Crippen LogP contribution in [0.2, 0.25) is 0 Å². The highest BCUT2D eigenvalue weighted by molar-refractivity contribution is 7.28. The summed E-state index contributed by atoms with van der Waals surface area (Å²) in [7, 11) is 0. The predicted octanol–water partition coefficient (Wildman–Crippen LogP) is 24.6. The molecule has 5 aromatic heterocycles. The molecule has 0 aliphatic rings. The van der Waals surface area contributed by atoms with E-state index in [1.165, 1.54) is 0 Å². The summed E-state index contributed by atoms with van der Waals surface area (Å²) < 4.78 is 8.10. The number of unbranched alkanes of at least 4 members (excludes halogenated alkanes) is 16. The van der Waals surface area contributed by atoms with E-state index in [2.05, 4.69) is 79.7 Å². The van der Waals surface area contributed by atoms with Crippen LogP contribution in [0.25, 0.3) is 171 Å². The quantitative estimate of drug-likeness (QED) is 0.0213. The molecule has 17 aromatic rings. The average Bonchev–Trinajstić information content (AvgIpc) is 1.64. The number of fused-ring (bicyclic) bond motifs is 9. The van der Waals surface area contributed by atoms with Gasteiger partial charge in [-0.3, -0.25) is 56.6 Å². The van der Waals surface area contributed by atoms with Gasteiger partial charge in [-0.25, -0.2) is 0 Å². The van der Waals surface area contributed by atoms with E-state index in [0.717, 1.165) is 260 Å². The first-order valence-electron chi connectivity index (χ1n) is 42.5. The van der Waals surface area contributed by atoms with Crippen LogP contribution in [0.1, 0.15) is 285 Å². The van der Waals surface area contributed by atoms with Crippen LogP contribution in [0.5, 0.6) is 0 Å². The van der Waals surface area contributed by atoms with Gasteiger partial charge in [0.15, 0.2) is 0 Å². The first kappa shape index (κ1) is 72.9. The lowest BCUT2D eigenvalue weighted by atomic mass is 9.79. The number of nitrogens with zero attached hydrogens (tertiary/aromatic N) is 4. The fourth-order valence-electron chi connectivity index (χ4n) is 21.0. The van der Waals surface area contributed by atoms with Crippen LogP contribution < -0.4 is 44.5 Å². The van der Waals surface area contributed by atoms with E-state index in [-0.39, 0.29) is 68.6 Å². The van der Waals surface area contributed by atoms with Crippen molar-refractivity contribution in [1.82, 2.24) is 18.3 Å². The third kappa shape index (κ3) is 11.0. The second-order valence-electron chi connectivity index (χ2n) is 33.0. The minimum atomic E-state index is -0.330. The minimum absolute atomic E-state index is 0.285. The van der Waals surface area contributed by atoms with Gasteiger partial charge in [0.1, 0.15) is 0 Å². The van der Waals surface area contributed by atoms with Crippen molar-refractivity contribution >= 4 is 182 Å². The normalized spacial score (nSPS) is 13.1. The van der Waals surface area contributed by atoms with Crippen LogP contribution in [0.4, 0.5) is 0 Å². The van der Waals surface area contributed by atoms with E-state index in [4.69, 9.17) is 0 Å². The van der Waals surface area contributed by atoms with Gasteiger partial charge in [-0.15, -0.1) is 11.3 Å². The Labute approximate surface area is 637 Å². The number of thiophene rings is 1. The maximum atomic E-state index is 16.5. The zero-order chi connectivity index (χ0) is 75.5. The van der Waals surface area contributed by atoms with E-state index >= 15 is 38.4 Å². The lowest BCUT2D eigenvalue weighted by Gasteiger charge is -2.25. The molecular weight excluding hydrogens is 1370 g/mol. The van der Waals surface area contributed by atoms with Gasteiger partial charge in [-0.1, -0.05) is 234 Å².